The van der Waals surface area contributed by atoms with Crippen molar-refractivity contribution in [2.75, 3.05) is 26.9 Å². The predicted molar refractivity (Wildman–Crippen MR) is 67.3 cm³/mol. The summed E-state index contributed by atoms with van der Waals surface area (Å²) in [5.74, 6) is 0.886. The maximum Gasteiger partial charge on any atom is 0.122 e. The van der Waals surface area contributed by atoms with E-state index in [0.29, 0.717) is 6.42 Å². The van der Waals surface area contributed by atoms with E-state index in [1.165, 1.54) is 0 Å². The van der Waals surface area contributed by atoms with E-state index in [1.807, 2.05) is 24.3 Å². The predicted octanol–water partition coefficient (Wildman–Crippen LogP) is 0.571. The van der Waals surface area contributed by atoms with E-state index in [0.717, 1.165) is 24.3 Å². The number of aliphatic hydroxyl groups excluding tert-OH is 2. The molecule has 0 aliphatic rings. The second-order valence-corrected chi connectivity index (χ2v) is 3.91. The molecule has 1 rings (SSSR count). The quantitative estimate of drug-likeness (QED) is 0.620. The first-order valence-electron chi connectivity index (χ1n) is 5.88. The molecule has 1 atom stereocenters. The van der Waals surface area contributed by atoms with E-state index in [2.05, 4.69) is 5.32 Å². The Hall–Kier alpha value is -1.10. The topological polar surface area (TPSA) is 61.7 Å². The molecule has 0 aliphatic carbocycles. The van der Waals surface area contributed by atoms with Crippen LogP contribution in [0, 0.1) is 0 Å². The lowest BCUT2D eigenvalue weighted by atomic mass is 10.1. The van der Waals surface area contributed by atoms with E-state index in [1.54, 1.807) is 7.11 Å². The van der Waals surface area contributed by atoms with Gasteiger partial charge in [0.1, 0.15) is 5.75 Å². The summed E-state index contributed by atoms with van der Waals surface area (Å²) in [5, 5.41) is 21.1. The number of hydrogen-bond acceptors (Lipinski definition) is 4. The average Bonchev–Trinajstić information content (AvgIpc) is 2.38. The summed E-state index contributed by atoms with van der Waals surface area (Å²) in [4.78, 5) is 0. The normalized spacial score (nSPS) is 12.4. The van der Waals surface area contributed by atoms with E-state index >= 15 is 0 Å². The Bertz CT molecular complexity index is 317. The number of para-hydroxylation sites is 1. The zero-order valence-electron chi connectivity index (χ0n) is 10.2. The van der Waals surface area contributed by atoms with Gasteiger partial charge in [-0.25, -0.2) is 0 Å². The molecule has 0 aromatic heterocycles. The Morgan fingerprint density at radius 2 is 2.06 bits per heavy atom. The lowest BCUT2D eigenvalue weighted by Crippen LogP contribution is -2.34. The van der Waals surface area contributed by atoms with E-state index in [4.69, 9.17) is 14.9 Å². The van der Waals surface area contributed by atoms with Crippen molar-refractivity contribution in [3.63, 3.8) is 0 Å². The van der Waals surface area contributed by atoms with Crippen LogP contribution in [0.1, 0.15) is 12.0 Å². The van der Waals surface area contributed by atoms with Crippen LogP contribution in [0.5, 0.6) is 5.75 Å². The minimum atomic E-state index is -0.0327. The molecule has 1 aromatic carbocycles. The van der Waals surface area contributed by atoms with Gasteiger partial charge in [-0.05, 0) is 31.0 Å². The van der Waals surface area contributed by atoms with Crippen molar-refractivity contribution in [2.45, 2.75) is 18.9 Å². The van der Waals surface area contributed by atoms with Crippen LogP contribution in [0.4, 0.5) is 0 Å². The standard InChI is InChI=1S/C13H21NO3/c1-17-13-5-3-2-4-11(13)6-8-14-12(10-16)7-9-15/h2-5,12,14-16H,6-10H2,1H3. The highest BCUT2D eigenvalue weighted by molar-refractivity contribution is 5.33. The van der Waals surface area contributed by atoms with Crippen molar-refractivity contribution < 1.29 is 14.9 Å². The van der Waals surface area contributed by atoms with Gasteiger partial charge in [0.05, 0.1) is 13.7 Å². The first-order valence-corrected chi connectivity index (χ1v) is 5.88. The third kappa shape index (κ3) is 4.73. The summed E-state index contributed by atoms with van der Waals surface area (Å²) >= 11 is 0. The molecule has 3 N–H and O–H groups in total. The Morgan fingerprint density at radius 1 is 1.29 bits per heavy atom. The van der Waals surface area contributed by atoms with Crippen LogP contribution in [-0.4, -0.2) is 43.1 Å². The van der Waals surface area contributed by atoms with Crippen molar-refractivity contribution in [3.05, 3.63) is 29.8 Å². The highest BCUT2D eigenvalue weighted by Gasteiger charge is 2.06. The molecular formula is C13H21NO3. The van der Waals surface area contributed by atoms with Gasteiger partial charge in [-0.2, -0.15) is 0 Å². The van der Waals surface area contributed by atoms with Gasteiger partial charge in [-0.15, -0.1) is 0 Å². The lowest BCUT2D eigenvalue weighted by Gasteiger charge is -2.15. The van der Waals surface area contributed by atoms with Crippen molar-refractivity contribution in [1.82, 2.24) is 5.32 Å². The molecule has 0 spiro atoms. The molecule has 0 saturated heterocycles. The monoisotopic (exact) mass is 239 g/mol. The molecular weight excluding hydrogens is 218 g/mol. The Kier molecular flexibility index (Phi) is 6.62. The molecule has 0 amide bonds. The van der Waals surface area contributed by atoms with Gasteiger partial charge in [0.25, 0.3) is 0 Å². The minimum absolute atomic E-state index is 0.0327. The number of methoxy groups -OCH3 is 1. The Morgan fingerprint density at radius 3 is 2.71 bits per heavy atom. The third-order valence-electron chi connectivity index (χ3n) is 2.72. The molecule has 0 saturated carbocycles. The molecule has 0 fully saturated rings. The summed E-state index contributed by atoms with van der Waals surface area (Å²) < 4.78 is 5.26. The van der Waals surface area contributed by atoms with Gasteiger partial charge in [-0.3, -0.25) is 0 Å². The van der Waals surface area contributed by atoms with Crippen molar-refractivity contribution in [2.24, 2.45) is 0 Å². The number of ether oxygens (including phenoxy) is 1. The van der Waals surface area contributed by atoms with Gasteiger partial charge in [0, 0.05) is 12.6 Å². The van der Waals surface area contributed by atoms with Gasteiger partial charge in [0.15, 0.2) is 0 Å². The lowest BCUT2D eigenvalue weighted by molar-refractivity contribution is 0.201. The largest absolute Gasteiger partial charge is 0.496 e. The molecule has 0 aliphatic heterocycles. The smallest absolute Gasteiger partial charge is 0.122 e. The molecule has 0 bridgehead atoms. The zero-order valence-corrected chi connectivity index (χ0v) is 10.2. The van der Waals surface area contributed by atoms with Crippen molar-refractivity contribution in [3.8, 4) is 5.75 Å². The van der Waals surface area contributed by atoms with Gasteiger partial charge in [-0.1, -0.05) is 18.2 Å². The van der Waals surface area contributed by atoms with Crippen molar-refractivity contribution >= 4 is 0 Å². The summed E-state index contributed by atoms with van der Waals surface area (Å²) in [5.41, 5.74) is 1.14. The molecule has 1 unspecified atom stereocenters. The fraction of sp³-hybridized carbons (Fsp3) is 0.538. The maximum atomic E-state index is 9.06. The van der Waals surface area contributed by atoms with Gasteiger partial charge < -0.3 is 20.3 Å². The van der Waals surface area contributed by atoms with Gasteiger partial charge >= 0.3 is 0 Å². The number of nitrogens with one attached hydrogen (secondary N) is 1. The van der Waals surface area contributed by atoms with Crippen LogP contribution >= 0.6 is 0 Å². The first kappa shape index (κ1) is 14.0. The second kappa shape index (κ2) is 8.06. The molecule has 96 valence electrons. The van der Waals surface area contributed by atoms with Crippen LogP contribution in [0.25, 0.3) is 0 Å². The summed E-state index contributed by atoms with van der Waals surface area (Å²) in [6.07, 6.45) is 1.41. The van der Waals surface area contributed by atoms with Crippen LogP contribution in [-0.2, 0) is 6.42 Å². The zero-order chi connectivity index (χ0) is 12.5. The number of aliphatic hydroxyl groups is 2. The molecule has 1 aromatic rings. The minimum Gasteiger partial charge on any atom is -0.496 e. The Labute approximate surface area is 102 Å². The highest BCUT2D eigenvalue weighted by atomic mass is 16.5. The first-order chi connectivity index (χ1) is 8.31. The molecule has 17 heavy (non-hydrogen) atoms. The Balaban J connectivity index is 2.39. The van der Waals surface area contributed by atoms with Crippen LogP contribution < -0.4 is 10.1 Å². The molecule has 0 heterocycles. The van der Waals surface area contributed by atoms with E-state index in [9.17, 15) is 0 Å². The van der Waals surface area contributed by atoms with E-state index in [-0.39, 0.29) is 19.3 Å². The average molecular weight is 239 g/mol. The number of hydrogen-bond donors (Lipinski definition) is 3. The van der Waals surface area contributed by atoms with Crippen molar-refractivity contribution in [1.29, 1.82) is 0 Å². The van der Waals surface area contributed by atoms with Crippen LogP contribution in [0.3, 0.4) is 0 Å². The highest BCUT2D eigenvalue weighted by Crippen LogP contribution is 2.17. The third-order valence-corrected chi connectivity index (χ3v) is 2.72. The summed E-state index contributed by atoms with van der Waals surface area (Å²) in [7, 11) is 1.66. The maximum absolute atomic E-state index is 9.06. The summed E-state index contributed by atoms with van der Waals surface area (Å²) in [6.45, 7) is 0.894. The fourth-order valence-electron chi connectivity index (χ4n) is 1.73. The molecule has 4 heteroatoms. The molecule has 4 nitrogen and oxygen atoms in total. The fourth-order valence-corrected chi connectivity index (χ4v) is 1.73. The number of rotatable bonds is 8. The number of benzene rings is 1. The molecule has 0 radical (unpaired) electrons. The SMILES string of the molecule is COc1ccccc1CCNC(CO)CCO. The second-order valence-electron chi connectivity index (χ2n) is 3.91. The van der Waals surface area contributed by atoms with E-state index < -0.39 is 0 Å². The summed E-state index contributed by atoms with van der Waals surface area (Å²) in [6, 6.07) is 7.86. The van der Waals surface area contributed by atoms with Crippen LogP contribution in [0.2, 0.25) is 0 Å². The van der Waals surface area contributed by atoms with Gasteiger partial charge in [0.2, 0.25) is 0 Å². The van der Waals surface area contributed by atoms with Crippen LogP contribution in [0.15, 0.2) is 24.3 Å².